The molecule has 172 valence electrons. The standard InChI is InChI=1S/C29H33NO2S/c1-19-24(22-6-3-2-4-7-22)8-5-9-25(19)28-30-26-17-14-21(18-27(26)33-28)11-10-20-12-15-23(16-13-20)29(31)32/h2-9,20-21,23H,10-18H2,1H3,(H,31,32). The minimum absolute atomic E-state index is 0.0991. The summed E-state index contributed by atoms with van der Waals surface area (Å²) < 4.78 is 0. The van der Waals surface area contributed by atoms with Gasteiger partial charge in [0.05, 0.1) is 11.6 Å². The summed E-state index contributed by atoms with van der Waals surface area (Å²) in [6.07, 6.45) is 9.96. The molecular weight excluding hydrogens is 426 g/mol. The van der Waals surface area contributed by atoms with Gasteiger partial charge in [-0.2, -0.15) is 0 Å². The number of nitrogens with zero attached hydrogens (tertiary/aromatic N) is 1. The number of hydrogen-bond acceptors (Lipinski definition) is 3. The maximum Gasteiger partial charge on any atom is 0.306 e. The fraction of sp³-hybridized carbons (Fsp3) is 0.448. The molecule has 1 unspecified atom stereocenters. The van der Waals surface area contributed by atoms with Crippen LogP contribution in [0.5, 0.6) is 0 Å². The lowest BCUT2D eigenvalue weighted by molar-refractivity contribution is -0.143. The van der Waals surface area contributed by atoms with Crippen molar-refractivity contribution in [2.75, 3.05) is 0 Å². The summed E-state index contributed by atoms with van der Waals surface area (Å²) in [5.74, 6) is 0.777. The molecule has 1 saturated carbocycles. The van der Waals surface area contributed by atoms with Crippen LogP contribution in [0.2, 0.25) is 0 Å². The lowest BCUT2D eigenvalue weighted by Gasteiger charge is -2.28. The number of rotatable bonds is 6. The van der Waals surface area contributed by atoms with Crippen molar-refractivity contribution in [3.63, 3.8) is 0 Å². The number of aryl methyl sites for hydroxylation is 1. The number of carbonyl (C=O) groups is 1. The third-order valence-electron chi connectivity index (χ3n) is 7.87. The molecule has 2 aliphatic rings. The summed E-state index contributed by atoms with van der Waals surface area (Å²) in [4.78, 5) is 17.8. The maximum atomic E-state index is 11.2. The Balaban J connectivity index is 1.24. The van der Waals surface area contributed by atoms with Crippen molar-refractivity contribution in [2.24, 2.45) is 17.8 Å². The smallest absolute Gasteiger partial charge is 0.306 e. The minimum Gasteiger partial charge on any atom is -0.481 e. The van der Waals surface area contributed by atoms with E-state index in [4.69, 9.17) is 4.98 Å². The van der Waals surface area contributed by atoms with Gasteiger partial charge < -0.3 is 5.11 Å². The number of thiazole rings is 1. The first-order valence-electron chi connectivity index (χ1n) is 12.4. The molecule has 0 aliphatic heterocycles. The molecule has 0 amide bonds. The van der Waals surface area contributed by atoms with Crippen molar-refractivity contribution >= 4 is 17.3 Å². The lowest BCUT2D eigenvalue weighted by atomic mass is 9.77. The predicted octanol–water partition coefficient (Wildman–Crippen LogP) is 7.56. The van der Waals surface area contributed by atoms with Crippen molar-refractivity contribution in [2.45, 2.75) is 64.7 Å². The predicted molar refractivity (Wildman–Crippen MR) is 136 cm³/mol. The first-order chi connectivity index (χ1) is 16.1. The zero-order valence-corrected chi connectivity index (χ0v) is 20.2. The molecule has 0 saturated heterocycles. The molecule has 4 heteroatoms. The summed E-state index contributed by atoms with van der Waals surface area (Å²) in [6.45, 7) is 2.22. The van der Waals surface area contributed by atoms with Crippen LogP contribution >= 0.6 is 11.3 Å². The van der Waals surface area contributed by atoms with E-state index in [9.17, 15) is 9.90 Å². The molecule has 5 rings (SSSR count). The third kappa shape index (κ3) is 4.91. The molecule has 2 aromatic carbocycles. The number of aromatic nitrogens is 1. The van der Waals surface area contributed by atoms with Crippen LogP contribution in [-0.2, 0) is 17.6 Å². The van der Waals surface area contributed by atoms with Crippen molar-refractivity contribution in [3.05, 3.63) is 64.7 Å². The number of aliphatic carboxylic acids is 1. The van der Waals surface area contributed by atoms with Gasteiger partial charge in [0.25, 0.3) is 0 Å². The zero-order valence-electron chi connectivity index (χ0n) is 19.4. The Bertz CT molecular complexity index is 1110. The van der Waals surface area contributed by atoms with Crippen LogP contribution in [0.3, 0.4) is 0 Å². The van der Waals surface area contributed by atoms with E-state index < -0.39 is 5.97 Å². The van der Waals surface area contributed by atoms with Crippen LogP contribution in [0, 0.1) is 24.7 Å². The first kappa shape index (κ1) is 22.3. The topological polar surface area (TPSA) is 50.2 Å². The number of carboxylic acids is 1. The Morgan fingerprint density at radius 3 is 2.42 bits per heavy atom. The van der Waals surface area contributed by atoms with E-state index in [0.29, 0.717) is 0 Å². The van der Waals surface area contributed by atoms with E-state index in [1.165, 1.54) is 57.1 Å². The molecular formula is C29H33NO2S. The van der Waals surface area contributed by atoms with E-state index in [2.05, 4.69) is 55.5 Å². The number of hydrogen-bond donors (Lipinski definition) is 1. The number of fused-ring (bicyclic) bond motifs is 1. The summed E-state index contributed by atoms with van der Waals surface area (Å²) >= 11 is 1.90. The minimum atomic E-state index is -0.598. The normalized spacial score (nSPS) is 22.6. The van der Waals surface area contributed by atoms with Gasteiger partial charge in [-0.1, -0.05) is 55.0 Å². The SMILES string of the molecule is Cc1c(-c2ccccc2)cccc1-c1nc2c(s1)CC(CCC1CCC(C(=O)O)CC1)CC2. The van der Waals surface area contributed by atoms with Gasteiger partial charge in [-0.05, 0) is 86.8 Å². The van der Waals surface area contributed by atoms with Crippen molar-refractivity contribution < 1.29 is 9.90 Å². The van der Waals surface area contributed by atoms with Crippen LogP contribution in [0.15, 0.2) is 48.5 Å². The highest BCUT2D eigenvalue weighted by Gasteiger charge is 2.28. The Kier molecular flexibility index (Phi) is 6.64. The van der Waals surface area contributed by atoms with Gasteiger partial charge in [0.2, 0.25) is 0 Å². The third-order valence-corrected chi connectivity index (χ3v) is 9.02. The molecule has 1 aromatic heterocycles. The van der Waals surface area contributed by atoms with Gasteiger partial charge in [-0.3, -0.25) is 4.79 Å². The van der Waals surface area contributed by atoms with Crippen molar-refractivity contribution in [1.29, 1.82) is 0 Å². The Hall–Kier alpha value is -2.46. The maximum absolute atomic E-state index is 11.2. The quantitative estimate of drug-likeness (QED) is 0.414. The van der Waals surface area contributed by atoms with Gasteiger partial charge in [0, 0.05) is 10.4 Å². The molecule has 33 heavy (non-hydrogen) atoms. The molecule has 1 N–H and O–H groups in total. The highest BCUT2D eigenvalue weighted by Crippen LogP contribution is 2.40. The molecule has 0 spiro atoms. The van der Waals surface area contributed by atoms with Crippen LogP contribution in [0.25, 0.3) is 21.7 Å². The highest BCUT2D eigenvalue weighted by atomic mass is 32.1. The molecule has 0 bridgehead atoms. The summed E-state index contributed by atoms with van der Waals surface area (Å²) in [7, 11) is 0. The molecule has 3 nitrogen and oxygen atoms in total. The zero-order chi connectivity index (χ0) is 22.8. The fourth-order valence-electron chi connectivity index (χ4n) is 5.77. The molecule has 1 fully saturated rings. The van der Waals surface area contributed by atoms with E-state index >= 15 is 0 Å². The fourth-order valence-corrected chi connectivity index (χ4v) is 7.08. The van der Waals surface area contributed by atoms with Crippen LogP contribution in [0.1, 0.15) is 61.1 Å². The van der Waals surface area contributed by atoms with Crippen LogP contribution in [-0.4, -0.2) is 16.1 Å². The summed E-state index contributed by atoms with van der Waals surface area (Å²) in [6, 6.07) is 17.2. The Morgan fingerprint density at radius 1 is 0.939 bits per heavy atom. The average molecular weight is 460 g/mol. The average Bonchev–Trinajstić information content (AvgIpc) is 3.27. The van der Waals surface area contributed by atoms with Crippen molar-refractivity contribution in [3.8, 4) is 21.7 Å². The van der Waals surface area contributed by atoms with Gasteiger partial charge in [-0.25, -0.2) is 4.98 Å². The Morgan fingerprint density at radius 2 is 1.67 bits per heavy atom. The monoisotopic (exact) mass is 459 g/mol. The van der Waals surface area contributed by atoms with Gasteiger partial charge in [-0.15, -0.1) is 11.3 Å². The number of carboxylic acid groups (broad SMARTS) is 1. The summed E-state index contributed by atoms with van der Waals surface area (Å²) in [5, 5.41) is 10.4. The van der Waals surface area contributed by atoms with Gasteiger partial charge in [0.15, 0.2) is 0 Å². The van der Waals surface area contributed by atoms with Crippen molar-refractivity contribution in [1.82, 2.24) is 4.98 Å². The molecule has 1 heterocycles. The van der Waals surface area contributed by atoms with Crippen LogP contribution < -0.4 is 0 Å². The van der Waals surface area contributed by atoms with E-state index in [0.717, 1.165) is 50.4 Å². The van der Waals surface area contributed by atoms with E-state index in [1.807, 2.05) is 11.3 Å². The number of benzene rings is 2. The second-order valence-electron chi connectivity index (χ2n) is 9.98. The second-order valence-corrected chi connectivity index (χ2v) is 11.1. The second kappa shape index (κ2) is 9.80. The van der Waals surface area contributed by atoms with Crippen LogP contribution in [0.4, 0.5) is 0 Å². The first-order valence-corrected chi connectivity index (χ1v) is 13.3. The Labute approximate surface area is 200 Å². The van der Waals surface area contributed by atoms with E-state index in [-0.39, 0.29) is 5.92 Å². The highest BCUT2D eigenvalue weighted by molar-refractivity contribution is 7.15. The molecule has 0 radical (unpaired) electrons. The van der Waals surface area contributed by atoms with Gasteiger partial charge >= 0.3 is 5.97 Å². The molecule has 3 aromatic rings. The largest absolute Gasteiger partial charge is 0.481 e. The lowest BCUT2D eigenvalue weighted by Crippen LogP contribution is -2.22. The molecule has 2 aliphatic carbocycles. The molecule has 1 atom stereocenters. The van der Waals surface area contributed by atoms with E-state index in [1.54, 1.807) is 0 Å². The summed E-state index contributed by atoms with van der Waals surface area (Å²) in [5.41, 5.74) is 6.44. The van der Waals surface area contributed by atoms with Gasteiger partial charge in [0.1, 0.15) is 5.01 Å².